The Morgan fingerprint density at radius 3 is 2.43 bits per heavy atom. The average molecular weight is 296 g/mol. The predicted octanol–water partition coefficient (Wildman–Crippen LogP) is 0.814. The summed E-state index contributed by atoms with van der Waals surface area (Å²) >= 11 is 0. The van der Waals surface area contributed by atoms with Gasteiger partial charge in [-0.2, -0.15) is 0 Å². The van der Waals surface area contributed by atoms with Crippen LogP contribution in [0.2, 0.25) is 0 Å². The zero-order valence-electron chi connectivity index (χ0n) is 12.6. The van der Waals surface area contributed by atoms with Gasteiger partial charge in [0.25, 0.3) is 0 Å². The van der Waals surface area contributed by atoms with Gasteiger partial charge in [-0.3, -0.25) is 0 Å². The minimum atomic E-state index is -1.11. The van der Waals surface area contributed by atoms with E-state index in [-0.39, 0.29) is 18.6 Å². The van der Waals surface area contributed by atoms with Crippen molar-refractivity contribution in [2.75, 3.05) is 13.7 Å². The largest absolute Gasteiger partial charge is 0.466 e. The van der Waals surface area contributed by atoms with Gasteiger partial charge < -0.3 is 20.1 Å². The van der Waals surface area contributed by atoms with Gasteiger partial charge in [-0.15, -0.1) is 6.58 Å². The third kappa shape index (κ3) is 3.10. The molecule has 0 saturated heterocycles. The van der Waals surface area contributed by atoms with Gasteiger partial charge in [0.1, 0.15) is 0 Å². The number of hydrogen-bond donors (Lipinski definition) is 3. The lowest BCUT2D eigenvalue weighted by molar-refractivity contribution is -0.140. The molecule has 0 aromatic carbocycles. The lowest BCUT2D eigenvalue weighted by Gasteiger charge is -2.49. The summed E-state index contributed by atoms with van der Waals surface area (Å²) in [6, 6.07) is 0. The van der Waals surface area contributed by atoms with Crippen molar-refractivity contribution in [2.45, 2.75) is 25.6 Å². The molecule has 5 heteroatoms. The standard InChI is InChI=1S/C16H24O5/c1-6-16(4)7-11(18)12(10(3)15(20)21-5)14(19)13(16)9(2)8-17/h6,11-14,17-19H,1-3,7-8H2,4-5H3/t11-,12-,13+,14-,16-/m1/s1. The summed E-state index contributed by atoms with van der Waals surface area (Å²) in [7, 11) is 1.22. The van der Waals surface area contributed by atoms with Crippen LogP contribution in [0.15, 0.2) is 37.0 Å². The van der Waals surface area contributed by atoms with Crippen LogP contribution in [0.3, 0.4) is 0 Å². The van der Waals surface area contributed by atoms with E-state index in [0.29, 0.717) is 5.57 Å². The monoisotopic (exact) mass is 296 g/mol. The van der Waals surface area contributed by atoms with E-state index in [0.717, 1.165) is 0 Å². The highest BCUT2D eigenvalue weighted by molar-refractivity contribution is 5.88. The molecule has 0 aromatic rings. The third-order valence-corrected chi connectivity index (χ3v) is 4.44. The van der Waals surface area contributed by atoms with Gasteiger partial charge in [0.15, 0.2) is 0 Å². The Kier molecular flexibility index (Phi) is 5.50. The molecule has 21 heavy (non-hydrogen) atoms. The molecule has 1 saturated carbocycles. The van der Waals surface area contributed by atoms with Crippen LogP contribution in [0.5, 0.6) is 0 Å². The Morgan fingerprint density at radius 1 is 1.43 bits per heavy atom. The van der Waals surface area contributed by atoms with Crippen LogP contribution in [0.1, 0.15) is 13.3 Å². The zero-order chi connectivity index (χ0) is 16.4. The molecule has 5 atom stereocenters. The molecule has 3 N–H and O–H groups in total. The van der Waals surface area contributed by atoms with E-state index in [4.69, 9.17) is 0 Å². The average Bonchev–Trinajstić information content (AvgIpc) is 2.45. The maximum absolute atomic E-state index is 11.6. The van der Waals surface area contributed by atoms with Gasteiger partial charge in [-0.25, -0.2) is 4.79 Å². The lowest BCUT2D eigenvalue weighted by Crippen LogP contribution is -2.53. The van der Waals surface area contributed by atoms with Gasteiger partial charge in [-0.05, 0) is 17.4 Å². The van der Waals surface area contributed by atoms with Crippen LogP contribution in [-0.2, 0) is 9.53 Å². The number of rotatable bonds is 5. The number of esters is 1. The highest BCUT2D eigenvalue weighted by Gasteiger charge is 2.51. The number of aliphatic hydroxyl groups excluding tert-OH is 3. The molecule has 0 heterocycles. The van der Waals surface area contributed by atoms with Crippen molar-refractivity contribution in [2.24, 2.45) is 17.3 Å². The highest BCUT2D eigenvalue weighted by Crippen LogP contribution is 2.49. The molecule has 1 rings (SSSR count). The van der Waals surface area contributed by atoms with E-state index in [2.05, 4.69) is 24.5 Å². The summed E-state index contributed by atoms with van der Waals surface area (Å²) in [6.07, 6.45) is -0.152. The van der Waals surface area contributed by atoms with Crippen molar-refractivity contribution in [3.63, 3.8) is 0 Å². The van der Waals surface area contributed by atoms with Gasteiger partial charge in [0, 0.05) is 17.4 Å². The molecule has 0 spiro atoms. The summed E-state index contributed by atoms with van der Waals surface area (Å²) in [5.41, 5.74) is -0.190. The van der Waals surface area contributed by atoms with E-state index in [1.807, 2.05) is 6.92 Å². The summed E-state index contributed by atoms with van der Waals surface area (Å²) in [5, 5.41) is 30.3. The first-order valence-electron chi connectivity index (χ1n) is 6.78. The molecule has 0 aliphatic heterocycles. The van der Waals surface area contributed by atoms with Crippen molar-refractivity contribution < 1.29 is 24.9 Å². The molecule has 1 aliphatic carbocycles. The molecule has 118 valence electrons. The van der Waals surface area contributed by atoms with Crippen molar-refractivity contribution in [3.8, 4) is 0 Å². The Morgan fingerprint density at radius 2 is 2.00 bits per heavy atom. The molecule has 1 aliphatic rings. The number of allylic oxidation sites excluding steroid dienone is 1. The van der Waals surface area contributed by atoms with Crippen LogP contribution >= 0.6 is 0 Å². The molecule has 0 bridgehead atoms. The van der Waals surface area contributed by atoms with Crippen molar-refractivity contribution in [3.05, 3.63) is 37.0 Å². The van der Waals surface area contributed by atoms with Crippen molar-refractivity contribution in [1.82, 2.24) is 0 Å². The maximum atomic E-state index is 11.6. The number of aliphatic hydroxyl groups is 3. The van der Waals surface area contributed by atoms with Gasteiger partial charge in [0.05, 0.1) is 25.9 Å². The minimum Gasteiger partial charge on any atom is -0.466 e. The van der Waals surface area contributed by atoms with Crippen molar-refractivity contribution >= 4 is 5.97 Å². The van der Waals surface area contributed by atoms with Crippen LogP contribution < -0.4 is 0 Å². The Balaban J connectivity index is 3.22. The Hall–Kier alpha value is -1.43. The molecule has 0 amide bonds. The molecule has 5 nitrogen and oxygen atoms in total. The van der Waals surface area contributed by atoms with E-state index >= 15 is 0 Å². The van der Waals surface area contributed by atoms with Crippen LogP contribution in [0, 0.1) is 17.3 Å². The summed E-state index contributed by atoms with van der Waals surface area (Å²) in [5.74, 6) is -2.07. The van der Waals surface area contributed by atoms with Crippen LogP contribution in [-0.4, -0.2) is 47.2 Å². The fraction of sp³-hybridized carbons (Fsp3) is 0.562. The summed E-state index contributed by atoms with van der Waals surface area (Å²) < 4.78 is 4.61. The quantitative estimate of drug-likeness (QED) is 0.397. The predicted molar refractivity (Wildman–Crippen MR) is 79.3 cm³/mol. The highest BCUT2D eigenvalue weighted by atomic mass is 16.5. The first kappa shape index (κ1) is 17.6. The molecule has 0 aromatic heterocycles. The molecular weight excluding hydrogens is 272 g/mol. The lowest BCUT2D eigenvalue weighted by atomic mass is 9.58. The third-order valence-electron chi connectivity index (χ3n) is 4.44. The molecular formula is C16H24O5. The van der Waals surface area contributed by atoms with Gasteiger partial charge in [0.2, 0.25) is 0 Å². The number of ether oxygens (including phenoxy) is 1. The summed E-state index contributed by atoms with van der Waals surface area (Å²) in [6.45, 7) is 12.7. The zero-order valence-corrected chi connectivity index (χ0v) is 12.6. The van der Waals surface area contributed by atoms with E-state index < -0.39 is 35.4 Å². The molecule has 1 fully saturated rings. The fourth-order valence-corrected chi connectivity index (χ4v) is 3.25. The number of hydrogen-bond acceptors (Lipinski definition) is 5. The van der Waals surface area contributed by atoms with Gasteiger partial charge >= 0.3 is 5.97 Å². The molecule has 0 radical (unpaired) electrons. The second-order valence-corrected chi connectivity index (χ2v) is 5.81. The van der Waals surface area contributed by atoms with E-state index in [9.17, 15) is 20.1 Å². The maximum Gasteiger partial charge on any atom is 0.333 e. The smallest absolute Gasteiger partial charge is 0.333 e. The van der Waals surface area contributed by atoms with E-state index in [1.54, 1.807) is 6.08 Å². The normalized spacial score (nSPS) is 35.9. The minimum absolute atomic E-state index is 0.0133. The summed E-state index contributed by atoms with van der Waals surface area (Å²) in [4.78, 5) is 11.6. The van der Waals surface area contributed by atoms with Crippen LogP contribution in [0.4, 0.5) is 0 Å². The Labute approximate surface area is 125 Å². The fourth-order valence-electron chi connectivity index (χ4n) is 3.25. The number of carbonyl (C=O) groups excluding carboxylic acids is 1. The second-order valence-electron chi connectivity index (χ2n) is 5.81. The van der Waals surface area contributed by atoms with Gasteiger partial charge in [-0.1, -0.05) is 26.2 Å². The topological polar surface area (TPSA) is 87.0 Å². The first-order valence-corrected chi connectivity index (χ1v) is 6.78. The van der Waals surface area contributed by atoms with Crippen LogP contribution in [0.25, 0.3) is 0 Å². The number of carbonyl (C=O) groups is 1. The molecule has 0 unspecified atom stereocenters. The SMILES string of the molecule is C=C[C@]1(C)C[C@@H](O)[C@@H](C(=C)C(=O)OC)[C@@H](O)[C@@H]1C(=C)CO. The van der Waals surface area contributed by atoms with E-state index in [1.165, 1.54) is 7.11 Å². The first-order chi connectivity index (χ1) is 9.73. The number of methoxy groups -OCH3 is 1. The van der Waals surface area contributed by atoms with Crippen molar-refractivity contribution in [1.29, 1.82) is 0 Å². The second kappa shape index (κ2) is 6.56. The Bertz CT molecular complexity index is 456.